The first-order valence-electron chi connectivity index (χ1n) is 5.52. The molecule has 3 nitrogen and oxygen atoms in total. The lowest BCUT2D eigenvalue weighted by molar-refractivity contribution is 0.0981. The highest BCUT2D eigenvalue weighted by Crippen LogP contribution is 2.20. The molecule has 0 saturated heterocycles. The molecule has 1 aromatic heterocycles. The lowest BCUT2D eigenvalue weighted by Crippen LogP contribution is -2.05. The van der Waals surface area contributed by atoms with Crippen molar-refractivity contribution in [1.82, 2.24) is 9.55 Å². The second-order valence-electron chi connectivity index (χ2n) is 4.00. The number of carbonyl (C=O) groups excluding carboxylic acids is 1. The van der Waals surface area contributed by atoms with Crippen molar-refractivity contribution in [2.75, 3.05) is 0 Å². The van der Waals surface area contributed by atoms with Gasteiger partial charge in [0.25, 0.3) is 0 Å². The summed E-state index contributed by atoms with van der Waals surface area (Å²) in [5.74, 6) is 0.481. The molecule has 18 heavy (non-hydrogen) atoms. The van der Waals surface area contributed by atoms with Gasteiger partial charge in [-0.3, -0.25) is 4.79 Å². The van der Waals surface area contributed by atoms with Crippen LogP contribution in [0.3, 0.4) is 0 Å². The summed E-state index contributed by atoms with van der Waals surface area (Å²) in [6.07, 6.45) is 4.47. The van der Waals surface area contributed by atoms with E-state index in [1.54, 1.807) is 6.20 Å². The molecule has 1 heterocycles. The molecule has 0 N–H and O–H groups in total. The number of hydrogen-bond acceptors (Lipinski definition) is 2. The second-order valence-corrected chi connectivity index (χ2v) is 4.86. The summed E-state index contributed by atoms with van der Waals surface area (Å²) in [4.78, 5) is 16.2. The van der Waals surface area contributed by atoms with Gasteiger partial charge in [-0.25, -0.2) is 9.37 Å². The zero-order chi connectivity index (χ0) is 13.1. The van der Waals surface area contributed by atoms with Gasteiger partial charge >= 0.3 is 0 Å². The number of benzene rings is 1. The number of rotatable bonds is 4. The van der Waals surface area contributed by atoms with Crippen molar-refractivity contribution >= 4 is 21.7 Å². The fourth-order valence-electron chi connectivity index (χ4n) is 1.71. The van der Waals surface area contributed by atoms with Gasteiger partial charge in [0, 0.05) is 42.3 Å². The number of halogens is 2. The summed E-state index contributed by atoms with van der Waals surface area (Å²) in [6, 6.07) is 4.09. The van der Waals surface area contributed by atoms with Crippen molar-refractivity contribution in [3.63, 3.8) is 0 Å². The number of nitrogens with zero attached hydrogens (tertiary/aromatic N) is 2. The van der Waals surface area contributed by atoms with Crippen LogP contribution in [0.2, 0.25) is 0 Å². The number of imidazole rings is 1. The topological polar surface area (TPSA) is 34.9 Å². The molecule has 5 heteroatoms. The van der Waals surface area contributed by atoms with E-state index >= 15 is 0 Å². The lowest BCUT2D eigenvalue weighted by atomic mass is 10.1. The minimum Gasteiger partial charge on any atom is -0.338 e. The summed E-state index contributed by atoms with van der Waals surface area (Å²) in [7, 11) is 1.89. The van der Waals surface area contributed by atoms with Gasteiger partial charge in [-0.05, 0) is 34.1 Å². The van der Waals surface area contributed by atoms with E-state index in [0.29, 0.717) is 22.9 Å². The van der Waals surface area contributed by atoms with Crippen molar-refractivity contribution in [2.45, 2.75) is 12.8 Å². The van der Waals surface area contributed by atoms with Gasteiger partial charge < -0.3 is 4.57 Å². The standard InChI is InChI=1S/C13H12BrFN2O/c1-17-7-6-16-13(17)5-4-12(18)10-3-2-9(15)8-11(10)14/h2-3,6-8H,4-5H2,1H3. The summed E-state index contributed by atoms with van der Waals surface area (Å²) >= 11 is 3.20. The minimum atomic E-state index is -0.359. The molecule has 94 valence electrons. The third kappa shape index (κ3) is 2.85. The monoisotopic (exact) mass is 310 g/mol. The van der Waals surface area contributed by atoms with Gasteiger partial charge in [-0.15, -0.1) is 0 Å². The van der Waals surface area contributed by atoms with Gasteiger partial charge in [0.05, 0.1) is 0 Å². The van der Waals surface area contributed by atoms with E-state index in [-0.39, 0.29) is 11.6 Å². The molecule has 0 radical (unpaired) electrons. The molecular weight excluding hydrogens is 299 g/mol. The van der Waals surface area contributed by atoms with E-state index in [1.165, 1.54) is 18.2 Å². The van der Waals surface area contributed by atoms with Crippen LogP contribution in [0, 0.1) is 5.82 Å². The van der Waals surface area contributed by atoms with E-state index in [0.717, 1.165) is 5.82 Å². The van der Waals surface area contributed by atoms with Crippen molar-refractivity contribution in [3.05, 3.63) is 52.3 Å². The lowest BCUT2D eigenvalue weighted by Gasteiger charge is -2.04. The summed E-state index contributed by atoms with van der Waals surface area (Å²) < 4.78 is 15.3. The average molecular weight is 311 g/mol. The molecule has 1 aromatic carbocycles. The second kappa shape index (κ2) is 5.44. The van der Waals surface area contributed by atoms with Crippen LogP contribution in [0.25, 0.3) is 0 Å². The molecule has 0 bridgehead atoms. The van der Waals surface area contributed by atoms with Gasteiger partial charge in [0.15, 0.2) is 5.78 Å². The maximum absolute atomic E-state index is 12.9. The highest BCUT2D eigenvalue weighted by atomic mass is 79.9. The van der Waals surface area contributed by atoms with E-state index in [1.807, 2.05) is 17.8 Å². The number of hydrogen-bond donors (Lipinski definition) is 0. The van der Waals surface area contributed by atoms with E-state index in [9.17, 15) is 9.18 Å². The Bertz CT molecular complexity index is 580. The number of aryl methyl sites for hydroxylation is 2. The largest absolute Gasteiger partial charge is 0.338 e. The van der Waals surface area contributed by atoms with Gasteiger partial charge in [-0.2, -0.15) is 0 Å². The van der Waals surface area contributed by atoms with E-state index in [4.69, 9.17) is 0 Å². The Morgan fingerprint density at radius 2 is 2.28 bits per heavy atom. The number of aromatic nitrogens is 2. The van der Waals surface area contributed by atoms with E-state index in [2.05, 4.69) is 20.9 Å². The maximum Gasteiger partial charge on any atom is 0.164 e. The van der Waals surface area contributed by atoms with Crippen molar-refractivity contribution in [2.24, 2.45) is 7.05 Å². The molecule has 0 spiro atoms. The van der Waals surface area contributed by atoms with Gasteiger partial charge in [0.2, 0.25) is 0 Å². The quantitative estimate of drug-likeness (QED) is 0.813. The first-order chi connectivity index (χ1) is 8.58. The molecule has 0 aliphatic carbocycles. The van der Waals surface area contributed by atoms with Crippen LogP contribution < -0.4 is 0 Å². The number of Topliss-reactive ketones (excluding diaryl/α,β-unsaturated/α-hetero) is 1. The van der Waals surface area contributed by atoms with Crippen LogP contribution in [-0.2, 0) is 13.5 Å². The first-order valence-corrected chi connectivity index (χ1v) is 6.31. The predicted octanol–water partition coefficient (Wildman–Crippen LogP) is 3.14. The maximum atomic E-state index is 12.9. The third-order valence-corrected chi connectivity index (χ3v) is 3.38. The zero-order valence-corrected chi connectivity index (χ0v) is 11.4. The Labute approximate surface area is 113 Å². The molecular formula is C13H12BrFN2O. The van der Waals surface area contributed by atoms with Crippen molar-refractivity contribution in [1.29, 1.82) is 0 Å². The molecule has 0 aliphatic heterocycles. The Morgan fingerprint density at radius 1 is 1.50 bits per heavy atom. The number of carbonyl (C=O) groups is 1. The van der Waals surface area contributed by atoms with Gasteiger partial charge in [0.1, 0.15) is 11.6 Å². The molecule has 0 unspecified atom stereocenters. The van der Waals surface area contributed by atoms with Crippen LogP contribution >= 0.6 is 15.9 Å². The molecule has 0 amide bonds. The van der Waals surface area contributed by atoms with Crippen molar-refractivity contribution in [3.8, 4) is 0 Å². The fourth-order valence-corrected chi connectivity index (χ4v) is 2.28. The average Bonchev–Trinajstić information content (AvgIpc) is 2.72. The smallest absolute Gasteiger partial charge is 0.164 e. The Balaban J connectivity index is 2.06. The first kappa shape index (κ1) is 13.0. The van der Waals surface area contributed by atoms with Crippen LogP contribution in [0.15, 0.2) is 35.1 Å². The molecule has 0 atom stereocenters. The van der Waals surface area contributed by atoms with Crippen LogP contribution in [0.4, 0.5) is 4.39 Å². The Hall–Kier alpha value is -1.49. The molecule has 2 aromatic rings. The normalized spacial score (nSPS) is 10.6. The fraction of sp³-hybridized carbons (Fsp3) is 0.231. The van der Waals surface area contributed by atoms with Crippen LogP contribution in [0.1, 0.15) is 22.6 Å². The summed E-state index contributed by atoms with van der Waals surface area (Å²) in [5, 5.41) is 0. The predicted molar refractivity (Wildman–Crippen MR) is 70.0 cm³/mol. The molecule has 0 saturated carbocycles. The molecule has 2 rings (SSSR count). The zero-order valence-electron chi connectivity index (χ0n) is 9.86. The van der Waals surface area contributed by atoms with Crippen LogP contribution in [0.5, 0.6) is 0 Å². The Morgan fingerprint density at radius 3 is 2.89 bits per heavy atom. The van der Waals surface area contributed by atoms with Gasteiger partial charge in [-0.1, -0.05) is 0 Å². The minimum absolute atomic E-state index is 0.0233. The summed E-state index contributed by atoms with van der Waals surface area (Å²) in [6.45, 7) is 0. The highest BCUT2D eigenvalue weighted by Gasteiger charge is 2.12. The van der Waals surface area contributed by atoms with Crippen molar-refractivity contribution < 1.29 is 9.18 Å². The molecule has 0 aliphatic rings. The van der Waals surface area contributed by atoms with E-state index < -0.39 is 0 Å². The summed E-state index contributed by atoms with van der Waals surface area (Å²) in [5.41, 5.74) is 0.505. The SMILES string of the molecule is Cn1ccnc1CCC(=O)c1ccc(F)cc1Br. The number of ketones is 1. The molecule has 0 fully saturated rings. The Kier molecular flexibility index (Phi) is 3.91. The highest BCUT2D eigenvalue weighted by molar-refractivity contribution is 9.10. The third-order valence-electron chi connectivity index (χ3n) is 2.73. The van der Waals surface area contributed by atoms with Crippen LogP contribution in [-0.4, -0.2) is 15.3 Å².